The Balaban J connectivity index is 1.50. The highest BCUT2D eigenvalue weighted by Gasteiger charge is 2.26. The summed E-state index contributed by atoms with van der Waals surface area (Å²) < 4.78 is 12.7. The van der Waals surface area contributed by atoms with Crippen molar-refractivity contribution in [3.63, 3.8) is 0 Å². The molecular formula is C19H21N5O3. The van der Waals surface area contributed by atoms with Crippen molar-refractivity contribution in [3.05, 3.63) is 54.1 Å². The Kier molecular flexibility index (Phi) is 4.97. The quantitative estimate of drug-likeness (QED) is 0.694. The average molecular weight is 367 g/mol. The van der Waals surface area contributed by atoms with Gasteiger partial charge >= 0.3 is 0 Å². The van der Waals surface area contributed by atoms with Crippen molar-refractivity contribution < 1.29 is 14.3 Å². The number of carbonyl (C=O) groups is 1. The number of pyridine rings is 1. The molecule has 0 radical (unpaired) electrons. The lowest BCUT2D eigenvalue weighted by molar-refractivity contribution is 0.0733. The first-order valence-corrected chi connectivity index (χ1v) is 8.90. The molecule has 3 aromatic rings. The Hall–Kier alpha value is -3.00. The van der Waals surface area contributed by atoms with E-state index in [2.05, 4.69) is 15.1 Å². The van der Waals surface area contributed by atoms with E-state index in [-0.39, 0.29) is 11.8 Å². The van der Waals surface area contributed by atoms with Crippen LogP contribution in [0, 0.1) is 5.92 Å². The van der Waals surface area contributed by atoms with E-state index >= 15 is 0 Å². The predicted molar refractivity (Wildman–Crippen MR) is 97.7 cm³/mol. The van der Waals surface area contributed by atoms with E-state index < -0.39 is 0 Å². The minimum atomic E-state index is -0.0894. The third kappa shape index (κ3) is 3.75. The molecule has 1 aliphatic heterocycles. The maximum atomic E-state index is 13.0. The summed E-state index contributed by atoms with van der Waals surface area (Å²) >= 11 is 0. The van der Waals surface area contributed by atoms with Crippen molar-refractivity contribution in [2.75, 3.05) is 33.4 Å². The average Bonchev–Trinajstić information content (AvgIpc) is 3.05. The maximum absolute atomic E-state index is 13.0. The van der Waals surface area contributed by atoms with Crippen molar-refractivity contribution in [2.45, 2.75) is 6.42 Å². The Labute approximate surface area is 156 Å². The van der Waals surface area contributed by atoms with E-state index in [0.29, 0.717) is 37.7 Å². The lowest BCUT2D eigenvalue weighted by Crippen LogP contribution is -2.36. The van der Waals surface area contributed by atoms with Gasteiger partial charge in [0.1, 0.15) is 5.56 Å². The van der Waals surface area contributed by atoms with Crippen LogP contribution in [0.3, 0.4) is 0 Å². The van der Waals surface area contributed by atoms with Gasteiger partial charge < -0.3 is 14.4 Å². The largest absolute Gasteiger partial charge is 0.480 e. The van der Waals surface area contributed by atoms with Gasteiger partial charge in [-0.1, -0.05) is 0 Å². The zero-order valence-corrected chi connectivity index (χ0v) is 15.1. The molecule has 0 aromatic carbocycles. The molecule has 8 heteroatoms. The van der Waals surface area contributed by atoms with Crippen molar-refractivity contribution >= 4 is 11.6 Å². The molecule has 3 aromatic heterocycles. The van der Waals surface area contributed by atoms with Crippen molar-refractivity contribution in [3.8, 4) is 5.88 Å². The maximum Gasteiger partial charge on any atom is 0.259 e. The number of methoxy groups -OCH3 is 1. The van der Waals surface area contributed by atoms with Crippen LogP contribution < -0.4 is 4.74 Å². The lowest BCUT2D eigenvalue weighted by Gasteiger charge is -2.24. The van der Waals surface area contributed by atoms with Crippen LogP contribution in [0.1, 0.15) is 16.1 Å². The number of ether oxygens (including phenoxy) is 2. The van der Waals surface area contributed by atoms with Crippen LogP contribution in [0.4, 0.5) is 0 Å². The number of hydrogen-bond donors (Lipinski definition) is 0. The van der Waals surface area contributed by atoms with Gasteiger partial charge in [0.2, 0.25) is 5.88 Å². The highest BCUT2D eigenvalue weighted by atomic mass is 16.5. The number of carbonyl (C=O) groups excluding carboxylic acids is 1. The molecule has 1 fully saturated rings. The number of aromatic nitrogens is 4. The fraction of sp³-hybridized carbons (Fsp3) is 0.368. The summed E-state index contributed by atoms with van der Waals surface area (Å²) in [5.41, 5.74) is 2.23. The summed E-state index contributed by atoms with van der Waals surface area (Å²) in [7, 11) is 1.52. The van der Waals surface area contributed by atoms with Crippen molar-refractivity contribution in [2.24, 2.45) is 5.92 Å². The summed E-state index contributed by atoms with van der Waals surface area (Å²) in [4.78, 5) is 23.1. The van der Waals surface area contributed by atoms with Gasteiger partial charge in [0.05, 0.1) is 26.0 Å². The third-order valence-electron chi connectivity index (χ3n) is 4.63. The highest BCUT2D eigenvalue weighted by Crippen LogP contribution is 2.19. The number of fused-ring (bicyclic) bond motifs is 1. The Bertz CT molecular complexity index is 942. The molecule has 0 aliphatic carbocycles. The number of hydrogen-bond acceptors (Lipinski definition) is 6. The van der Waals surface area contributed by atoms with Crippen molar-refractivity contribution in [1.82, 2.24) is 24.5 Å². The van der Waals surface area contributed by atoms with Crippen LogP contribution in [0.25, 0.3) is 5.65 Å². The molecule has 140 valence electrons. The van der Waals surface area contributed by atoms with Gasteiger partial charge in [0.25, 0.3) is 5.91 Å². The van der Waals surface area contributed by atoms with Gasteiger partial charge in [-0.25, -0.2) is 14.5 Å². The molecule has 27 heavy (non-hydrogen) atoms. The predicted octanol–water partition coefficient (Wildman–Crippen LogP) is 1.46. The molecule has 0 saturated carbocycles. The lowest BCUT2D eigenvalue weighted by atomic mass is 10.0. The van der Waals surface area contributed by atoms with E-state index in [1.54, 1.807) is 29.0 Å². The third-order valence-corrected chi connectivity index (χ3v) is 4.63. The first-order chi connectivity index (χ1) is 13.2. The SMILES string of the molecule is COc1ncccc1C(=O)N1CCOC[C@H](Cc2ccc3nccn3n2)C1. The van der Waals surface area contributed by atoms with Gasteiger partial charge in [0, 0.05) is 37.6 Å². The molecule has 1 aliphatic rings. The van der Waals surface area contributed by atoms with Crippen LogP contribution >= 0.6 is 0 Å². The smallest absolute Gasteiger partial charge is 0.259 e. The Morgan fingerprint density at radius 2 is 2.22 bits per heavy atom. The van der Waals surface area contributed by atoms with Crippen LogP contribution in [0.2, 0.25) is 0 Å². The summed E-state index contributed by atoms with van der Waals surface area (Å²) in [6, 6.07) is 7.40. The number of nitrogens with zero attached hydrogens (tertiary/aromatic N) is 5. The van der Waals surface area contributed by atoms with Gasteiger partial charge in [-0.2, -0.15) is 5.10 Å². The second-order valence-electron chi connectivity index (χ2n) is 6.51. The first kappa shape index (κ1) is 17.4. The second-order valence-corrected chi connectivity index (χ2v) is 6.51. The Morgan fingerprint density at radius 3 is 3.11 bits per heavy atom. The Morgan fingerprint density at radius 1 is 1.30 bits per heavy atom. The summed E-state index contributed by atoms with van der Waals surface area (Å²) in [5, 5.41) is 4.58. The van der Waals surface area contributed by atoms with Crippen LogP contribution in [0.15, 0.2) is 42.9 Å². The summed E-state index contributed by atoms with van der Waals surface area (Å²) in [6.45, 7) is 2.25. The molecular weight excluding hydrogens is 346 g/mol. The van der Waals surface area contributed by atoms with Gasteiger partial charge in [0.15, 0.2) is 5.65 Å². The molecule has 0 N–H and O–H groups in total. The van der Waals surface area contributed by atoms with Crippen LogP contribution in [-0.4, -0.2) is 63.8 Å². The molecule has 8 nitrogen and oxygen atoms in total. The monoisotopic (exact) mass is 367 g/mol. The molecule has 0 bridgehead atoms. The molecule has 4 rings (SSSR count). The zero-order chi connectivity index (χ0) is 18.6. The molecule has 0 unspecified atom stereocenters. The van der Waals surface area contributed by atoms with Crippen LogP contribution in [-0.2, 0) is 11.2 Å². The van der Waals surface area contributed by atoms with Crippen molar-refractivity contribution in [1.29, 1.82) is 0 Å². The normalized spacial score (nSPS) is 17.7. The summed E-state index contributed by atoms with van der Waals surface area (Å²) in [5.74, 6) is 0.414. The first-order valence-electron chi connectivity index (χ1n) is 8.90. The topological polar surface area (TPSA) is 81.8 Å². The van der Waals surface area contributed by atoms with E-state index in [1.165, 1.54) is 7.11 Å². The number of amides is 1. The van der Waals surface area contributed by atoms with Crippen LogP contribution in [0.5, 0.6) is 5.88 Å². The fourth-order valence-corrected chi connectivity index (χ4v) is 3.33. The molecule has 0 spiro atoms. The second kappa shape index (κ2) is 7.71. The fourth-order valence-electron chi connectivity index (χ4n) is 3.33. The molecule has 1 atom stereocenters. The molecule has 4 heterocycles. The minimum absolute atomic E-state index is 0.0894. The number of imidazole rings is 1. The standard InChI is InChI=1S/C19H21N5O3/c1-26-18-16(3-2-6-21-18)19(25)23-9-10-27-13-14(12-23)11-15-4-5-17-20-7-8-24(17)22-15/h2-8,14H,9-13H2,1H3/t14-/m1/s1. The van der Waals surface area contributed by atoms with E-state index in [9.17, 15) is 4.79 Å². The molecule has 1 amide bonds. The minimum Gasteiger partial charge on any atom is -0.480 e. The highest BCUT2D eigenvalue weighted by molar-refractivity contribution is 5.96. The van der Waals surface area contributed by atoms with Gasteiger partial charge in [-0.05, 0) is 30.7 Å². The van der Waals surface area contributed by atoms with E-state index in [1.807, 2.05) is 23.2 Å². The molecule has 1 saturated heterocycles. The summed E-state index contributed by atoms with van der Waals surface area (Å²) in [6.07, 6.45) is 5.89. The van der Waals surface area contributed by atoms with E-state index in [4.69, 9.17) is 9.47 Å². The van der Waals surface area contributed by atoms with Gasteiger partial charge in [-0.15, -0.1) is 0 Å². The van der Waals surface area contributed by atoms with E-state index in [0.717, 1.165) is 17.8 Å². The van der Waals surface area contributed by atoms with Gasteiger partial charge in [-0.3, -0.25) is 4.79 Å². The zero-order valence-electron chi connectivity index (χ0n) is 15.1. The number of rotatable bonds is 4.